The van der Waals surface area contributed by atoms with Gasteiger partial charge in [-0.2, -0.15) is 5.10 Å². The minimum absolute atomic E-state index is 0.319. The second-order valence-corrected chi connectivity index (χ2v) is 5.45. The van der Waals surface area contributed by atoms with Crippen LogP contribution < -0.4 is 5.32 Å². The third-order valence-electron chi connectivity index (χ3n) is 3.18. The summed E-state index contributed by atoms with van der Waals surface area (Å²) in [4.78, 5) is 0. The first-order chi connectivity index (χ1) is 8.66. The SMILES string of the molecule is C[C@H](NCc1ccccc1)[C@@H](C)n1cc(Br)cn1. The fourth-order valence-electron chi connectivity index (χ4n) is 1.81. The second kappa shape index (κ2) is 6.16. The molecule has 0 bridgehead atoms. The van der Waals surface area contributed by atoms with Crippen molar-refractivity contribution < 1.29 is 0 Å². The molecule has 0 saturated carbocycles. The van der Waals surface area contributed by atoms with Crippen molar-refractivity contribution >= 4 is 15.9 Å². The van der Waals surface area contributed by atoms with Crippen molar-refractivity contribution in [1.29, 1.82) is 0 Å². The zero-order valence-corrected chi connectivity index (χ0v) is 12.3. The molecule has 96 valence electrons. The van der Waals surface area contributed by atoms with Gasteiger partial charge in [-0.1, -0.05) is 30.3 Å². The molecule has 0 aliphatic carbocycles. The van der Waals surface area contributed by atoms with Crippen LogP contribution in [-0.4, -0.2) is 15.8 Å². The Morgan fingerprint density at radius 3 is 2.61 bits per heavy atom. The molecule has 0 fully saturated rings. The predicted octanol–water partition coefficient (Wildman–Crippen LogP) is 3.38. The van der Waals surface area contributed by atoms with Crippen LogP contribution >= 0.6 is 15.9 Å². The van der Waals surface area contributed by atoms with Crippen molar-refractivity contribution in [2.24, 2.45) is 0 Å². The maximum Gasteiger partial charge on any atom is 0.0641 e. The zero-order valence-electron chi connectivity index (χ0n) is 10.7. The predicted molar refractivity (Wildman–Crippen MR) is 77.4 cm³/mol. The molecule has 3 nitrogen and oxygen atoms in total. The molecule has 18 heavy (non-hydrogen) atoms. The van der Waals surface area contributed by atoms with Crippen LogP contribution in [0.5, 0.6) is 0 Å². The summed E-state index contributed by atoms with van der Waals surface area (Å²) in [5.74, 6) is 0. The summed E-state index contributed by atoms with van der Waals surface area (Å²) in [6.07, 6.45) is 3.83. The Hall–Kier alpha value is -1.13. The third kappa shape index (κ3) is 3.43. The summed E-state index contributed by atoms with van der Waals surface area (Å²) in [5.41, 5.74) is 1.30. The van der Waals surface area contributed by atoms with Crippen LogP contribution in [0.3, 0.4) is 0 Å². The highest BCUT2D eigenvalue weighted by molar-refractivity contribution is 9.10. The van der Waals surface area contributed by atoms with Gasteiger partial charge in [0.1, 0.15) is 0 Å². The van der Waals surface area contributed by atoms with Crippen molar-refractivity contribution in [3.05, 3.63) is 52.8 Å². The highest BCUT2D eigenvalue weighted by atomic mass is 79.9. The molecule has 1 aromatic heterocycles. The van der Waals surface area contributed by atoms with Gasteiger partial charge < -0.3 is 5.32 Å². The topological polar surface area (TPSA) is 29.9 Å². The number of nitrogens with one attached hydrogen (secondary N) is 1. The molecule has 2 rings (SSSR count). The number of hydrogen-bond donors (Lipinski definition) is 1. The number of rotatable bonds is 5. The summed E-state index contributed by atoms with van der Waals surface area (Å²) in [5, 5.41) is 7.85. The Balaban J connectivity index is 1.90. The van der Waals surface area contributed by atoms with Crippen LogP contribution in [0.2, 0.25) is 0 Å². The largest absolute Gasteiger partial charge is 0.308 e. The van der Waals surface area contributed by atoms with Crippen LogP contribution in [0.15, 0.2) is 47.2 Å². The Morgan fingerprint density at radius 2 is 2.00 bits per heavy atom. The molecule has 1 aromatic carbocycles. The lowest BCUT2D eigenvalue weighted by Crippen LogP contribution is -2.33. The normalized spacial score (nSPS) is 14.4. The monoisotopic (exact) mass is 307 g/mol. The minimum atomic E-state index is 0.319. The molecule has 1 N–H and O–H groups in total. The first kappa shape index (κ1) is 13.3. The van der Waals surface area contributed by atoms with Gasteiger partial charge in [-0.15, -0.1) is 0 Å². The van der Waals surface area contributed by atoms with E-state index in [2.05, 4.69) is 64.5 Å². The van der Waals surface area contributed by atoms with Crippen LogP contribution in [0.25, 0.3) is 0 Å². The number of benzene rings is 1. The summed E-state index contributed by atoms with van der Waals surface area (Å²) in [6.45, 7) is 5.24. The Bertz CT molecular complexity index is 481. The van der Waals surface area contributed by atoms with E-state index in [-0.39, 0.29) is 0 Å². The summed E-state index contributed by atoms with van der Waals surface area (Å²) in [6, 6.07) is 11.1. The van der Waals surface area contributed by atoms with Gasteiger partial charge in [-0.05, 0) is 35.3 Å². The van der Waals surface area contributed by atoms with Gasteiger partial charge >= 0.3 is 0 Å². The first-order valence-electron chi connectivity index (χ1n) is 6.14. The van der Waals surface area contributed by atoms with E-state index in [1.807, 2.05) is 23.1 Å². The Kier molecular flexibility index (Phi) is 4.55. The van der Waals surface area contributed by atoms with E-state index >= 15 is 0 Å². The molecule has 0 aliphatic heterocycles. The lowest BCUT2D eigenvalue weighted by molar-refractivity contribution is 0.365. The molecule has 4 heteroatoms. The van der Waals surface area contributed by atoms with Gasteiger partial charge in [0.25, 0.3) is 0 Å². The lowest BCUT2D eigenvalue weighted by atomic mass is 10.1. The highest BCUT2D eigenvalue weighted by Crippen LogP contribution is 2.14. The summed E-state index contributed by atoms with van der Waals surface area (Å²) < 4.78 is 3.00. The van der Waals surface area contributed by atoms with Gasteiger partial charge in [-0.3, -0.25) is 4.68 Å². The smallest absolute Gasteiger partial charge is 0.0641 e. The fraction of sp³-hybridized carbons (Fsp3) is 0.357. The molecular weight excluding hydrogens is 290 g/mol. The zero-order chi connectivity index (χ0) is 13.0. The number of aromatic nitrogens is 2. The average Bonchev–Trinajstić information content (AvgIpc) is 2.83. The molecule has 0 radical (unpaired) electrons. The van der Waals surface area contributed by atoms with Crippen LogP contribution in [-0.2, 0) is 6.54 Å². The van der Waals surface area contributed by atoms with E-state index in [0.717, 1.165) is 11.0 Å². The van der Waals surface area contributed by atoms with Gasteiger partial charge in [0.05, 0.1) is 16.7 Å². The Morgan fingerprint density at radius 1 is 1.28 bits per heavy atom. The van der Waals surface area contributed by atoms with Crippen LogP contribution in [0.1, 0.15) is 25.5 Å². The highest BCUT2D eigenvalue weighted by Gasteiger charge is 2.14. The van der Waals surface area contributed by atoms with Gasteiger partial charge in [0, 0.05) is 18.8 Å². The van der Waals surface area contributed by atoms with E-state index in [4.69, 9.17) is 0 Å². The standard InChI is InChI=1S/C14H18BrN3/c1-11(12(2)18-10-14(15)9-17-18)16-8-13-6-4-3-5-7-13/h3-7,9-12,16H,8H2,1-2H3/t11-,12+/m0/s1. The van der Waals surface area contributed by atoms with Crippen molar-refractivity contribution in [3.8, 4) is 0 Å². The number of hydrogen-bond acceptors (Lipinski definition) is 2. The van der Waals surface area contributed by atoms with E-state index in [9.17, 15) is 0 Å². The van der Waals surface area contributed by atoms with E-state index in [1.54, 1.807) is 0 Å². The minimum Gasteiger partial charge on any atom is -0.308 e. The molecule has 0 saturated heterocycles. The van der Waals surface area contributed by atoms with Crippen LogP contribution in [0.4, 0.5) is 0 Å². The second-order valence-electron chi connectivity index (χ2n) is 4.53. The van der Waals surface area contributed by atoms with E-state index in [1.165, 1.54) is 5.56 Å². The molecule has 0 unspecified atom stereocenters. The van der Waals surface area contributed by atoms with Crippen molar-refractivity contribution in [1.82, 2.24) is 15.1 Å². The maximum atomic E-state index is 4.32. The number of nitrogens with zero attached hydrogens (tertiary/aromatic N) is 2. The molecule has 2 atom stereocenters. The average molecular weight is 308 g/mol. The molecule has 0 spiro atoms. The summed E-state index contributed by atoms with van der Waals surface area (Å²) in [7, 11) is 0. The third-order valence-corrected chi connectivity index (χ3v) is 3.59. The van der Waals surface area contributed by atoms with Crippen molar-refractivity contribution in [3.63, 3.8) is 0 Å². The van der Waals surface area contributed by atoms with Crippen molar-refractivity contribution in [2.45, 2.75) is 32.5 Å². The first-order valence-corrected chi connectivity index (χ1v) is 6.93. The molecule has 1 heterocycles. The lowest BCUT2D eigenvalue weighted by Gasteiger charge is -2.21. The molecular formula is C14H18BrN3. The molecule has 2 aromatic rings. The molecule has 0 aliphatic rings. The maximum absolute atomic E-state index is 4.32. The molecule has 0 amide bonds. The van der Waals surface area contributed by atoms with Gasteiger partial charge in [0.15, 0.2) is 0 Å². The van der Waals surface area contributed by atoms with Crippen LogP contribution in [0, 0.1) is 0 Å². The summed E-state index contributed by atoms with van der Waals surface area (Å²) >= 11 is 3.42. The van der Waals surface area contributed by atoms with E-state index < -0.39 is 0 Å². The van der Waals surface area contributed by atoms with Crippen molar-refractivity contribution in [2.75, 3.05) is 0 Å². The fourth-order valence-corrected chi connectivity index (χ4v) is 2.11. The van der Waals surface area contributed by atoms with E-state index in [0.29, 0.717) is 12.1 Å². The Labute approximate surface area is 116 Å². The quantitative estimate of drug-likeness (QED) is 0.917. The van der Waals surface area contributed by atoms with Gasteiger partial charge in [0.2, 0.25) is 0 Å². The number of halogens is 1. The van der Waals surface area contributed by atoms with Gasteiger partial charge in [-0.25, -0.2) is 0 Å².